The van der Waals surface area contributed by atoms with Crippen molar-refractivity contribution in [1.82, 2.24) is 4.90 Å². The molecular weight excluding hydrogens is 258 g/mol. The molecule has 1 unspecified atom stereocenters. The smallest absolute Gasteiger partial charge is 0.256 e. The van der Waals surface area contributed by atoms with Crippen LogP contribution in [-0.4, -0.2) is 43.4 Å². The fourth-order valence-corrected chi connectivity index (χ4v) is 2.47. The van der Waals surface area contributed by atoms with Gasteiger partial charge in [0.1, 0.15) is 17.7 Å². The van der Waals surface area contributed by atoms with E-state index < -0.39 is 0 Å². The maximum Gasteiger partial charge on any atom is 0.256 e. The highest BCUT2D eigenvalue weighted by Crippen LogP contribution is 2.31. The predicted molar refractivity (Wildman–Crippen MR) is 75.2 cm³/mol. The molecule has 1 aromatic carbocycles. The zero-order chi connectivity index (χ0) is 14.9. The number of carbonyl (C=O) groups excluding carboxylic acids is 1. The van der Waals surface area contributed by atoms with Gasteiger partial charge in [-0.3, -0.25) is 4.79 Å². The maximum atomic E-state index is 12.7. The first-order valence-corrected chi connectivity index (χ1v) is 6.57. The lowest BCUT2D eigenvalue weighted by atomic mass is 10.0. The summed E-state index contributed by atoms with van der Waals surface area (Å²) in [5.41, 5.74) is 0.207. The quantitative estimate of drug-likeness (QED) is 0.852. The Morgan fingerprint density at radius 3 is 2.20 bits per heavy atom. The van der Waals surface area contributed by atoms with Crippen molar-refractivity contribution in [3.05, 3.63) is 23.8 Å². The zero-order valence-corrected chi connectivity index (χ0v) is 12.6. The van der Waals surface area contributed by atoms with Gasteiger partial charge < -0.3 is 19.1 Å². The Bertz CT molecular complexity index is 490. The molecule has 1 fully saturated rings. The van der Waals surface area contributed by atoms with Gasteiger partial charge in [-0.1, -0.05) is 0 Å². The van der Waals surface area contributed by atoms with Gasteiger partial charge in [-0.05, 0) is 32.9 Å². The van der Waals surface area contributed by atoms with Gasteiger partial charge >= 0.3 is 0 Å². The van der Waals surface area contributed by atoms with E-state index in [0.29, 0.717) is 23.7 Å². The molecule has 1 aliphatic rings. The van der Waals surface area contributed by atoms with Crippen LogP contribution in [0.15, 0.2) is 18.2 Å². The van der Waals surface area contributed by atoms with E-state index >= 15 is 0 Å². The Kier molecular flexibility index (Phi) is 3.90. The summed E-state index contributed by atoms with van der Waals surface area (Å²) in [6.45, 7) is 6.39. The van der Waals surface area contributed by atoms with Crippen molar-refractivity contribution in [2.45, 2.75) is 32.5 Å². The third-order valence-electron chi connectivity index (χ3n) is 3.51. The molecule has 0 saturated carbocycles. The van der Waals surface area contributed by atoms with Crippen LogP contribution in [0.3, 0.4) is 0 Å². The molecule has 1 aromatic rings. The SMILES string of the molecule is COc1cc(OC)cc(C(=O)N2C(C)OCC2(C)C)c1. The number of benzene rings is 1. The number of hydrogen-bond donors (Lipinski definition) is 0. The van der Waals surface area contributed by atoms with E-state index in [2.05, 4.69) is 0 Å². The molecule has 1 heterocycles. The first-order chi connectivity index (χ1) is 9.39. The summed E-state index contributed by atoms with van der Waals surface area (Å²) in [4.78, 5) is 14.5. The first kappa shape index (κ1) is 14.7. The molecule has 110 valence electrons. The average Bonchev–Trinajstić information content (AvgIpc) is 2.71. The van der Waals surface area contributed by atoms with Crippen molar-refractivity contribution in [3.8, 4) is 11.5 Å². The molecule has 0 aromatic heterocycles. The zero-order valence-electron chi connectivity index (χ0n) is 12.6. The van der Waals surface area contributed by atoms with Gasteiger partial charge in [0, 0.05) is 11.6 Å². The van der Waals surface area contributed by atoms with Gasteiger partial charge in [-0.25, -0.2) is 0 Å². The summed E-state index contributed by atoms with van der Waals surface area (Å²) >= 11 is 0. The van der Waals surface area contributed by atoms with Crippen LogP contribution >= 0.6 is 0 Å². The Balaban J connectivity index is 2.38. The van der Waals surface area contributed by atoms with Crippen LogP contribution in [0.25, 0.3) is 0 Å². The second-order valence-corrected chi connectivity index (χ2v) is 5.50. The molecule has 1 atom stereocenters. The molecule has 5 heteroatoms. The Morgan fingerprint density at radius 2 is 1.80 bits per heavy atom. The monoisotopic (exact) mass is 279 g/mol. The van der Waals surface area contributed by atoms with Gasteiger partial charge in [0.05, 0.1) is 26.4 Å². The van der Waals surface area contributed by atoms with Gasteiger partial charge in [0.25, 0.3) is 5.91 Å². The lowest BCUT2D eigenvalue weighted by Crippen LogP contribution is -2.47. The van der Waals surface area contributed by atoms with E-state index in [4.69, 9.17) is 14.2 Å². The highest BCUT2D eigenvalue weighted by Gasteiger charge is 2.41. The molecule has 1 saturated heterocycles. The standard InChI is InChI=1S/C15H21NO4/c1-10-16(15(2,3)9-20-10)14(17)11-6-12(18-4)8-13(7-11)19-5/h6-8,10H,9H2,1-5H3. The molecule has 0 radical (unpaired) electrons. The van der Waals surface area contributed by atoms with Crippen molar-refractivity contribution in [3.63, 3.8) is 0 Å². The van der Waals surface area contributed by atoms with Gasteiger partial charge in [0.2, 0.25) is 0 Å². The van der Waals surface area contributed by atoms with E-state index in [1.54, 1.807) is 37.3 Å². The number of carbonyl (C=O) groups is 1. The van der Waals surface area contributed by atoms with Crippen LogP contribution in [0, 0.1) is 0 Å². The fraction of sp³-hybridized carbons (Fsp3) is 0.533. The van der Waals surface area contributed by atoms with E-state index in [9.17, 15) is 4.79 Å². The molecule has 1 amide bonds. The summed E-state index contributed by atoms with van der Waals surface area (Å²) in [6.07, 6.45) is -0.241. The molecule has 2 rings (SSSR count). The third-order valence-corrected chi connectivity index (χ3v) is 3.51. The third kappa shape index (κ3) is 2.58. The fourth-order valence-electron chi connectivity index (χ4n) is 2.47. The topological polar surface area (TPSA) is 48.0 Å². The van der Waals surface area contributed by atoms with Gasteiger partial charge in [-0.2, -0.15) is 0 Å². The Labute approximate surface area is 119 Å². The molecule has 5 nitrogen and oxygen atoms in total. The number of amides is 1. The molecule has 0 aliphatic carbocycles. The molecule has 1 aliphatic heterocycles. The minimum Gasteiger partial charge on any atom is -0.497 e. The molecule has 0 spiro atoms. The van der Waals surface area contributed by atoms with Crippen molar-refractivity contribution < 1.29 is 19.0 Å². The number of ether oxygens (including phenoxy) is 3. The van der Waals surface area contributed by atoms with E-state index in [0.717, 1.165) is 0 Å². The molecule has 0 bridgehead atoms. The number of nitrogens with zero attached hydrogens (tertiary/aromatic N) is 1. The Morgan fingerprint density at radius 1 is 1.25 bits per heavy atom. The van der Waals surface area contributed by atoms with Crippen LogP contribution in [0.2, 0.25) is 0 Å². The van der Waals surface area contributed by atoms with Crippen LogP contribution < -0.4 is 9.47 Å². The van der Waals surface area contributed by atoms with Crippen LogP contribution in [-0.2, 0) is 4.74 Å². The summed E-state index contributed by atoms with van der Waals surface area (Å²) in [7, 11) is 3.13. The maximum absolute atomic E-state index is 12.7. The van der Waals surface area contributed by atoms with Crippen LogP contribution in [0.5, 0.6) is 11.5 Å². The van der Waals surface area contributed by atoms with E-state index in [1.165, 1.54) is 0 Å². The number of rotatable bonds is 3. The summed E-state index contributed by atoms with van der Waals surface area (Å²) in [5.74, 6) is 1.11. The molecular formula is C15H21NO4. The molecule has 0 N–H and O–H groups in total. The largest absolute Gasteiger partial charge is 0.497 e. The highest BCUT2D eigenvalue weighted by atomic mass is 16.5. The summed E-state index contributed by atoms with van der Waals surface area (Å²) in [6, 6.07) is 5.17. The lowest BCUT2D eigenvalue weighted by molar-refractivity contribution is 0.0307. The highest BCUT2D eigenvalue weighted by molar-refractivity contribution is 5.95. The predicted octanol–water partition coefficient (Wildman–Crippen LogP) is 2.30. The minimum atomic E-state index is -0.327. The number of hydrogen-bond acceptors (Lipinski definition) is 4. The lowest BCUT2D eigenvalue weighted by Gasteiger charge is -2.32. The van der Waals surface area contributed by atoms with Gasteiger partial charge in [-0.15, -0.1) is 0 Å². The van der Waals surface area contributed by atoms with Crippen LogP contribution in [0.1, 0.15) is 31.1 Å². The summed E-state index contributed by atoms with van der Waals surface area (Å²) in [5, 5.41) is 0. The number of methoxy groups -OCH3 is 2. The van der Waals surface area contributed by atoms with Gasteiger partial charge in [0.15, 0.2) is 0 Å². The summed E-state index contributed by atoms with van der Waals surface area (Å²) < 4.78 is 16.0. The van der Waals surface area contributed by atoms with Crippen LogP contribution in [0.4, 0.5) is 0 Å². The Hall–Kier alpha value is -1.75. The average molecular weight is 279 g/mol. The normalized spacial score (nSPS) is 20.9. The van der Waals surface area contributed by atoms with Crippen molar-refractivity contribution in [1.29, 1.82) is 0 Å². The molecule has 20 heavy (non-hydrogen) atoms. The van der Waals surface area contributed by atoms with Crippen molar-refractivity contribution >= 4 is 5.91 Å². The second-order valence-electron chi connectivity index (χ2n) is 5.50. The first-order valence-electron chi connectivity index (χ1n) is 6.57. The van der Waals surface area contributed by atoms with Crippen molar-refractivity contribution in [2.75, 3.05) is 20.8 Å². The second kappa shape index (κ2) is 5.32. The van der Waals surface area contributed by atoms with Crippen molar-refractivity contribution in [2.24, 2.45) is 0 Å². The van der Waals surface area contributed by atoms with E-state index in [-0.39, 0.29) is 17.7 Å². The minimum absolute atomic E-state index is 0.0859. The van der Waals surface area contributed by atoms with E-state index in [1.807, 2.05) is 20.8 Å².